The summed E-state index contributed by atoms with van der Waals surface area (Å²) in [5.41, 5.74) is -0.0700. The first-order chi connectivity index (χ1) is 14.6. The molecule has 0 radical (unpaired) electrons. The summed E-state index contributed by atoms with van der Waals surface area (Å²) in [7, 11) is 0. The van der Waals surface area contributed by atoms with Gasteiger partial charge in [0.1, 0.15) is 6.61 Å². The average molecular weight is 544 g/mol. The number of alkyl halides is 16. The fourth-order valence-electron chi connectivity index (χ4n) is 1.88. The van der Waals surface area contributed by atoms with Crippen LogP contribution >= 0.6 is 0 Å². The molecule has 19 heteroatoms. The van der Waals surface area contributed by atoms with E-state index in [0.29, 0.717) is 0 Å². The molecule has 0 atom stereocenters. The Morgan fingerprint density at radius 2 is 0.912 bits per heavy atom. The number of ether oxygens (including phenoxy) is 1. The van der Waals surface area contributed by atoms with Gasteiger partial charge in [-0.1, -0.05) is 5.57 Å². The zero-order valence-corrected chi connectivity index (χ0v) is 16.3. The van der Waals surface area contributed by atoms with Crippen molar-refractivity contribution in [3.05, 3.63) is 11.6 Å². The van der Waals surface area contributed by atoms with E-state index in [1.807, 2.05) is 0 Å². The molecule has 1 N–H and O–H groups in total. The lowest BCUT2D eigenvalue weighted by Crippen LogP contribution is -2.75. The first-order valence-electron chi connectivity index (χ1n) is 8.07. The van der Waals surface area contributed by atoms with E-state index in [9.17, 15) is 75.0 Å². The Hall–Kier alpha value is -1.95. The van der Waals surface area contributed by atoms with Gasteiger partial charge in [0.05, 0.1) is 0 Å². The van der Waals surface area contributed by atoms with Crippen LogP contribution in [0.1, 0.15) is 13.8 Å². The van der Waals surface area contributed by atoms with Crippen LogP contribution in [0, 0.1) is 0 Å². The van der Waals surface area contributed by atoms with Gasteiger partial charge in [0.2, 0.25) is 0 Å². The second-order valence-electron chi connectivity index (χ2n) is 6.84. The number of carbonyl (C=O) groups is 1. The van der Waals surface area contributed by atoms with E-state index >= 15 is 0 Å². The number of halogens is 16. The quantitative estimate of drug-likeness (QED) is 0.210. The summed E-state index contributed by atoms with van der Waals surface area (Å²) in [5, 5.41) is 7.91. The van der Waals surface area contributed by atoms with Gasteiger partial charge in [-0.15, -0.1) is 0 Å². The maximum atomic E-state index is 13.6. The van der Waals surface area contributed by atoms with Crippen LogP contribution in [0.4, 0.5) is 70.2 Å². The minimum absolute atomic E-state index is 0.0700. The Balaban J connectivity index is 6.53. The second kappa shape index (κ2) is 8.92. The van der Waals surface area contributed by atoms with Gasteiger partial charge in [0, 0.05) is 6.08 Å². The highest BCUT2D eigenvalue weighted by molar-refractivity contribution is 5.82. The molecule has 0 rings (SSSR count). The van der Waals surface area contributed by atoms with Crippen molar-refractivity contribution in [1.82, 2.24) is 0 Å². The predicted molar refractivity (Wildman–Crippen MR) is 77.1 cm³/mol. The lowest BCUT2D eigenvalue weighted by atomic mass is 9.88. The Morgan fingerprint density at radius 1 is 0.618 bits per heavy atom. The number of rotatable bonds is 11. The van der Waals surface area contributed by atoms with Gasteiger partial charge in [-0.2, -0.15) is 70.2 Å². The highest BCUT2D eigenvalue weighted by Crippen LogP contribution is 2.63. The maximum Gasteiger partial charge on any atom is 0.385 e. The third-order valence-corrected chi connectivity index (χ3v) is 3.89. The van der Waals surface area contributed by atoms with Crippen molar-refractivity contribution in [1.29, 1.82) is 0 Å². The van der Waals surface area contributed by atoms with Crippen LogP contribution in [0.2, 0.25) is 0 Å². The summed E-state index contributed by atoms with van der Waals surface area (Å²) in [6.07, 6.45) is 0.277. The van der Waals surface area contributed by atoms with Gasteiger partial charge in [-0.25, -0.2) is 4.79 Å². The molecule has 0 fully saturated rings. The van der Waals surface area contributed by atoms with Crippen molar-refractivity contribution < 1.29 is 84.9 Å². The molecule has 0 bridgehead atoms. The van der Waals surface area contributed by atoms with E-state index in [2.05, 4.69) is 4.74 Å². The normalized spacial score (nSPS) is 15.3. The van der Waals surface area contributed by atoms with Crippen molar-refractivity contribution in [3.63, 3.8) is 0 Å². The van der Waals surface area contributed by atoms with Crippen LogP contribution in [0.3, 0.4) is 0 Å². The standard InChI is InChI=1S/C15H12F16O3/c1-6(2)3-7(33)34-5-9(18,19)11(22,23)13(26,27)15(30,31)14(28,29)12(24,25)10(20,21)8(16,17)4-32/h3,32H,4-5H2,1-2H3. The van der Waals surface area contributed by atoms with Crippen LogP contribution in [-0.4, -0.2) is 71.7 Å². The molecule has 0 spiro atoms. The highest BCUT2D eigenvalue weighted by Gasteiger charge is 2.94. The van der Waals surface area contributed by atoms with Gasteiger partial charge >= 0.3 is 53.3 Å². The molecule has 0 aliphatic heterocycles. The molecule has 0 aromatic heterocycles. The molecule has 202 valence electrons. The first kappa shape index (κ1) is 32.0. The minimum Gasteiger partial charge on any atom is -0.456 e. The van der Waals surface area contributed by atoms with Crippen LogP contribution in [-0.2, 0) is 9.53 Å². The van der Waals surface area contributed by atoms with Gasteiger partial charge in [0.25, 0.3) is 0 Å². The average Bonchev–Trinajstić information content (AvgIpc) is 2.64. The smallest absolute Gasteiger partial charge is 0.385 e. The summed E-state index contributed by atoms with van der Waals surface area (Å²) < 4.78 is 217. The molecule has 0 heterocycles. The lowest BCUT2D eigenvalue weighted by molar-refractivity contribution is -0.454. The Bertz CT molecular complexity index is 783. The van der Waals surface area contributed by atoms with E-state index in [4.69, 9.17) is 5.11 Å². The number of carbonyl (C=O) groups excluding carboxylic acids is 1. The largest absolute Gasteiger partial charge is 0.456 e. The highest BCUT2D eigenvalue weighted by atomic mass is 19.4. The summed E-state index contributed by atoms with van der Waals surface area (Å²) in [6, 6.07) is 0. The molecule has 0 aliphatic carbocycles. The number of aliphatic hydroxyl groups excluding tert-OH is 1. The SMILES string of the molecule is CC(C)=CC(=O)OCC(F)(F)C(F)(F)C(F)(F)C(F)(F)C(F)(F)C(F)(F)C(F)(F)C(F)(F)CO. The van der Waals surface area contributed by atoms with Gasteiger partial charge in [-0.05, 0) is 13.8 Å². The molecular weight excluding hydrogens is 532 g/mol. The van der Waals surface area contributed by atoms with Crippen LogP contribution in [0.15, 0.2) is 11.6 Å². The molecule has 0 saturated heterocycles. The van der Waals surface area contributed by atoms with E-state index in [-0.39, 0.29) is 11.6 Å². The lowest BCUT2D eigenvalue weighted by Gasteiger charge is -2.43. The Morgan fingerprint density at radius 3 is 1.21 bits per heavy atom. The monoisotopic (exact) mass is 544 g/mol. The first-order valence-corrected chi connectivity index (χ1v) is 8.07. The molecule has 34 heavy (non-hydrogen) atoms. The summed E-state index contributed by atoms with van der Waals surface area (Å²) >= 11 is 0. The molecule has 0 amide bonds. The second-order valence-corrected chi connectivity index (χ2v) is 6.84. The Kier molecular flexibility index (Phi) is 8.41. The van der Waals surface area contributed by atoms with E-state index in [1.165, 1.54) is 0 Å². The molecule has 0 saturated carbocycles. The molecule has 0 aromatic carbocycles. The zero-order valence-electron chi connectivity index (χ0n) is 16.3. The van der Waals surface area contributed by atoms with Crippen molar-refractivity contribution in [2.45, 2.75) is 61.2 Å². The number of esters is 1. The molecule has 0 aromatic rings. The van der Waals surface area contributed by atoms with Crippen molar-refractivity contribution in [2.24, 2.45) is 0 Å². The Labute approximate surface area is 178 Å². The van der Waals surface area contributed by atoms with Gasteiger partial charge in [-0.3, -0.25) is 0 Å². The van der Waals surface area contributed by atoms with Crippen molar-refractivity contribution >= 4 is 5.97 Å². The fourth-order valence-corrected chi connectivity index (χ4v) is 1.88. The molecular formula is C15H12F16O3. The van der Waals surface area contributed by atoms with Gasteiger partial charge in [0.15, 0.2) is 6.61 Å². The zero-order chi connectivity index (χ0) is 28.0. The summed E-state index contributed by atoms with van der Waals surface area (Å²) in [6.45, 7) is -4.50. The number of hydrogen-bond acceptors (Lipinski definition) is 3. The fraction of sp³-hybridized carbons (Fsp3) is 0.800. The number of aliphatic hydroxyl groups is 1. The third-order valence-electron chi connectivity index (χ3n) is 3.89. The molecule has 3 nitrogen and oxygen atoms in total. The van der Waals surface area contributed by atoms with Crippen molar-refractivity contribution in [2.75, 3.05) is 13.2 Å². The van der Waals surface area contributed by atoms with Crippen LogP contribution < -0.4 is 0 Å². The number of allylic oxidation sites excluding steroid dienone is 1. The topological polar surface area (TPSA) is 46.5 Å². The minimum atomic E-state index is -8.57. The van der Waals surface area contributed by atoms with Crippen LogP contribution in [0.25, 0.3) is 0 Å². The summed E-state index contributed by atoms with van der Waals surface area (Å²) in [4.78, 5) is 11.0. The summed E-state index contributed by atoms with van der Waals surface area (Å²) in [5.74, 6) is -64.9. The predicted octanol–water partition coefficient (Wildman–Crippen LogP) is 5.57. The molecule has 0 aliphatic rings. The maximum absolute atomic E-state index is 13.6. The van der Waals surface area contributed by atoms with Crippen molar-refractivity contribution in [3.8, 4) is 0 Å². The number of hydrogen-bond donors (Lipinski definition) is 1. The van der Waals surface area contributed by atoms with E-state index in [1.54, 1.807) is 0 Å². The van der Waals surface area contributed by atoms with Crippen LogP contribution in [0.5, 0.6) is 0 Å². The molecule has 0 unspecified atom stereocenters. The third kappa shape index (κ3) is 4.62. The van der Waals surface area contributed by atoms with Gasteiger partial charge < -0.3 is 9.84 Å². The van der Waals surface area contributed by atoms with E-state index in [0.717, 1.165) is 13.8 Å². The van der Waals surface area contributed by atoms with E-state index < -0.39 is 66.6 Å².